The number of hydrogen-bond acceptors (Lipinski definition) is 6. The summed E-state index contributed by atoms with van der Waals surface area (Å²) in [6, 6.07) is 5.83. The van der Waals surface area contributed by atoms with Gasteiger partial charge in [-0.05, 0) is 29.7 Å². The van der Waals surface area contributed by atoms with Crippen LogP contribution >= 0.6 is 0 Å². The van der Waals surface area contributed by atoms with E-state index in [1.807, 2.05) is 32.0 Å². The SMILES string of the molecule is C=CCc1cc(C=C(N=C=O)OC)ccc1OCC(O)CNC(C)C. The van der Waals surface area contributed by atoms with Gasteiger partial charge in [-0.1, -0.05) is 26.0 Å². The molecule has 6 heteroatoms. The molecule has 0 spiro atoms. The number of ether oxygens (including phenoxy) is 2. The third kappa shape index (κ3) is 7.81. The van der Waals surface area contributed by atoms with Crippen LogP contribution in [0, 0.1) is 0 Å². The standard InChI is InChI=1S/C19H26N2O4/c1-5-6-16-9-15(10-19(24-4)21-13-22)7-8-18(16)25-12-17(23)11-20-14(2)3/h5,7-10,14,17,20,23H,1,6,11-12H2,2-4H3. The molecule has 1 unspecified atom stereocenters. The summed E-state index contributed by atoms with van der Waals surface area (Å²) in [5.41, 5.74) is 1.72. The Hall–Kier alpha value is -2.40. The Balaban J connectivity index is 2.86. The molecule has 0 radical (unpaired) electrons. The summed E-state index contributed by atoms with van der Waals surface area (Å²) < 4.78 is 10.7. The van der Waals surface area contributed by atoms with E-state index in [1.54, 1.807) is 12.2 Å². The average molecular weight is 346 g/mol. The quantitative estimate of drug-likeness (QED) is 0.278. The van der Waals surface area contributed by atoms with Crippen molar-refractivity contribution in [3.8, 4) is 5.75 Å². The Kier molecular flexibility index (Phi) is 9.25. The van der Waals surface area contributed by atoms with Crippen LogP contribution in [-0.4, -0.2) is 43.6 Å². The highest BCUT2D eigenvalue weighted by Crippen LogP contribution is 2.23. The predicted molar refractivity (Wildman–Crippen MR) is 98.1 cm³/mol. The highest BCUT2D eigenvalue weighted by Gasteiger charge is 2.09. The first-order valence-corrected chi connectivity index (χ1v) is 8.11. The monoisotopic (exact) mass is 346 g/mol. The van der Waals surface area contributed by atoms with Gasteiger partial charge in [-0.15, -0.1) is 11.6 Å². The van der Waals surface area contributed by atoms with E-state index in [0.717, 1.165) is 11.1 Å². The van der Waals surface area contributed by atoms with E-state index >= 15 is 0 Å². The fourth-order valence-corrected chi connectivity index (χ4v) is 2.09. The average Bonchev–Trinajstić information content (AvgIpc) is 2.59. The molecule has 2 N–H and O–H groups in total. The zero-order valence-electron chi connectivity index (χ0n) is 15.0. The van der Waals surface area contributed by atoms with E-state index in [0.29, 0.717) is 24.8 Å². The van der Waals surface area contributed by atoms with Gasteiger partial charge in [0.25, 0.3) is 0 Å². The minimum atomic E-state index is -0.597. The molecular weight excluding hydrogens is 320 g/mol. The summed E-state index contributed by atoms with van der Waals surface area (Å²) in [4.78, 5) is 13.8. The number of nitrogens with one attached hydrogen (secondary N) is 1. The van der Waals surface area contributed by atoms with Gasteiger partial charge in [-0.3, -0.25) is 0 Å². The van der Waals surface area contributed by atoms with Crippen molar-refractivity contribution in [2.24, 2.45) is 4.99 Å². The van der Waals surface area contributed by atoms with Crippen LogP contribution in [0.15, 0.2) is 41.7 Å². The normalized spacial score (nSPS) is 12.4. The third-order valence-electron chi connectivity index (χ3n) is 3.30. The van der Waals surface area contributed by atoms with Crippen LogP contribution in [0.4, 0.5) is 0 Å². The molecule has 0 bridgehead atoms. The number of aliphatic imine (C=N–C) groups is 1. The van der Waals surface area contributed by atoms with Crippen molar-refractivity contribution in [2.75, 3.05) is 20.3 Å². The van der Waals surface area contributed by atoms with Crippen molar-refractivity contribution < 1.29 is 19.4 Å². The summed E-state index contributed by atoms with van der Waals surface area (Å²) >= 11 is 0. The molecule has 1 atom stereocenters. The van der Waals surface area contributed by atoms with Crippen LogP contribution in [0.5, 0.6) is 5.75 Å². The van der Waals surface area contributed by atoms with Crippen LogP contribution in [0.2, 0.25) is 0 Å². The van der Waals surface area contributed by atoms with Crippen molar-refractivity contribution in [3.05, 3.63) is 47.9 Å². The highest BCUT2D eigenvalue weighted by atomic mass is 16.5. The molecule has 0 aliphatic rings. The van der Waals surface area contributed by atoms with E-state index in [9.17, 15) is 9.90 Å². The van der Waals surface area contributed by atoms with Gasteiger partial charge >= 0.3 is 0 Å². The van der Waals surface area contributed by atoms with Crippen molar-refractivity contribution in [2.45, 2.75) is 32.4 Å². The lowest BCUT2D eigenvalue weighted by Crippen LogP contribution is -2.35. The van der Waals surface area contributed by atoms with Gasteiger partial charge in [0.15, 0.2) is 0 Å². The number of aliphatic hydroxyl groups excluding tert-OH is 1. The number of hydrogen-bond donors (Lipinski definition) is 2. The number of isocyanates is 1. The minimum Gasteiger partial charge on any atom is -0.491 e. The van der Waals surface area contributed by atoms with Crippen LogP contribution < -0.4 is 10.1 Å². The van der Waals surface area contributed by atoms with Crippen LogP contribution in [0.25, 0.3) is 6.08 Å². The molecule has 0 fully saturated rings. The molecule has 6 nitrogen and oxygen atoms in total. The number of aliphatic hydroxyl groups is 1. The number of allylic oxidation sites excluding steroid dienone is 1. The fourth-order valence-electron chi connectivity index (χ4n) is 2.09. The molecule has 1 rings (SSSR count). The van der Waals surface area contributed by atoms with Crippen molar-refractivity contribution in [1.82, 2.24) is 5.32 Å². The van der Waals surface area contributed by atoms with Crippen LogP contribution in [-0.2, 0) is 16.0 Å². The van der Waals surface area contributed by atoms with Gasteiger partial charge in [0, 0.05) is 18.7 Å². The van der Waals surface area contributed by atoms with Crippen LogP contribution in [0.1, 0.15) is 25.0 Å². The van der Waals surface area contributed by atoms with E-state index in [2.05, 4.69) is 16.9 Å². The number of methoxy groups -OCH3 is 1. The Bertz CT molecular complexity index is 634. The summed E-state index contributed by atoms with van der Waals surface area (Å²) in [7, 11) is 1.43. The zero-order chi connectivity index (χ0) is 18.7. The molecule has 0 saturated heterocycles. The van der Waals surface area contributed by atoms with Gasteiger partial charge in [-0.25, -0.2) is 4.79 Å². The summed E-state index contributed by atoms with van der Waals surface area (Å²) in [5.74, 6) is 0.849. The molecular formula is C19H26N2O4. The first-order chi connectivity index (χ1) is 12.0. The van der Waals surface area contributed by atoms with Gasteiger partial charge in [0.1, 0.15) is 18.5 Å². The second-order valence-corrected chi connectivity index (χ2v) is 5.78. The summed E-state index contributed by atoms with van der Waals surface area (Å²) in [6.45, 7) is 8.45. The van der Waals surface area contributed by atoms with Crippen molar-refractivity contribution >= 4 is 12.2 Å². The first kappa shape index (κ1) is 20.6. The molecule has 25 heavy (non-hydrogen) atoms. The topological polar surface area (TPSA) is 80.2 Å². The van der Waals surface area contributed by atoms with Crippen molar-refractivity contribution in [1.29, 1.82) is 0 Å². The van der Waals surface area contributed by atoms with Gasteiger partial charge in [0.05, 0.1) is 7.11 Å². The number of rotatable bonds is 11. The molecule has 0 aliphatic heterocycles. The molecule has 1 aromatic rings. The Labute approximate surface area is 148 Å². The molecule has 0 aromatic heterocycles. The van der Waals surface area contributed by atoms with Gasteiger partial charge in [-0.2, -0.15) is 0 Å². The van der Waals surface area contributed by atoms with Crippen LogP contribution in [0.3, 0.4) is 0 Å². The molecule has 0 aliphatic carbocycles. The Morgan fingerprint density at radius 2 is 2.24 bits per heavy atom. The lowest BCUT2D eigenvalue weighted by Gasteiger charge is -2.17. The molecule has 0 saturated carbocycles. The largest absolute Gasteiger partial charge is 0.491 e. The number of benzene rings is 1. The lowest BCUT2D eigenvalue weighted by atomic mass is 10.1. The number of carbonyl (C=O) groups excluding carboxylic acids is 1. The fraction of sp³-hybridized carbons (Fsp3) is 0.421. The highest BCUT2D eigenvalue weighted by molar-refractivity contribution is 5.56. The lowest BCUT2D eigenvalue weighted by molar-refractivity contribution is 0.104. The summed E-state index contributed by atoms with van der Waals surface area (Å²) in [5, 5.41) is 13.1. The van der Waals surface area contributed by atoms with E-state index in [1.165, 1.54) is 13.2 Å². The Morgan fingerprint density at radius 3 is 2.84 bits per heavy atom. The maximum Gasteiger partial charge on any atom is 0.243 e. The third-order valence-corrected chi connectivity index (χ3v) is 3.30. The molecule has 0 amide bonds. The molecule has 0 heterocycles. The first-order valence-electron chi connectivity index (χ1n) is 8.11. The van der Waals surface area contributed by atoms with E-state index in [4.69, 9.17) is 9.47 Å². The minimum absolute atomic E-state index is 0.170. The van der Waals surface area contributed by atoms with Gasteiger partial charge < -0.3 is 19.9 Å². The van der Waals surface area contributed by atoms with E-state index < -0.39 is 6.10 Å². The number of nitrogens with zero attached hydrogens (tertiary/aromatic N) is 1. The molecule has 136 valence electrons. The maximum atomic E-state index is 10.4. The second kappa shape index (κ2) is 11.2. The smallest absolute Gasteiger partial charge is 0.243 e. The maximum absolute atomic E-state index is 10.4. The van der Waals surface area contributed by atoms with Crippen molar-refractivity contribution in [3.63, 3.8) is 0 Å². The summed E-state index contributed by atoms with van der Waals surface area (Å²) in [6.07, 6.45) is 4.86. The van der Waals surface area contributed by atoms with Gasteiger partial charge in [0.2, 0.25) is 12.0 Å². The predicted octanol–water partition coefficient (Wildman–Crippen LogP) is 2.43. The van der Waals surface area contributed by atoms with E-state index in [-0.39, 0.29) is 12.5 Å². The zero-order valence-corrected chi connectivity index (χ0v) is 15.0. The molecule has 1 aromatic carbocycles. The Morgan fingerprint density at radius 1 is 1.48 bits per heavy atom. The second-order valence-electron chi connectivity index (χ2n) is 5.78.